The molecule has 2 heterocycles. The van der Waals surface area contributed by atoms with Gasteiger partial charge >= 0.3 is 0 Å². The van der Waals surface area contributed by atoms with E-state index >= 15 is 0 Å². The van der Waals surface area contributed by atoms with Gasteiger partial charge in [-0.2, -0.15) is 0 Å². The number of carbonyl (C=O) groups is 1. The normalized spacial score (nSPS) is 14.8. The molecule has 0 atom stereocenters. The van der Waals surface area contributed by atoms with Gasteiger partial charge in [-0.05, 0) is 60.2 Å². The summed E-state index contributed by atoms with van der Waals surface area (Å²) in [6.07, 6.45) is 0.333. The van der Waals surface area contributed by atoms with E-state index in [0.717, 1.165) is 11.3 Å². The number of fused-ring (bicyclic) bond motifs is 3. The third-order valence-electron chi connectivity index (χ3n) is 5.64. The average Bonchev–Trinajstić information content (AvgIpc) is 3.12. The molecular weight excluding hydrogens is 477 g/mol. The fraction of sp³-hybridized carbons (Fsp3) is 0.0385. The van der Waals surface area contributed by atoms with Crippen molar-refractivity contribution in [2.45, 2.75) is 30.9 Å². The van der Waals surface area contributed by atoms with E-state index in [4.69, 9.17) is 23.2 Å². The molecule has 0 radical (unpaired) electrons. The van der Waals surface area contributed by atoms with Gasteiger partial charge in [0.1, 0.15) is 10.9 Å². The van der Waals surface area contributed by atoms with E-state index in [9.17, 15) is 4.79 Å². The first-order valence-corrected chi connectivity index (χ1v) is 12.9. The Hall–Kier alpha value is -2.37. The van der Waals surface area contributed by atoms with Gasteiger partial charge in [0.15, 0.2) is 14.7 Å². The first-order valence-electron chi connectivity index (χ1n) is 10.1. The number of halogens is 2. The summed E-state index contributed by atoms with van der Waals surface area (Å²) in [5.74, 6) is -0.0181. The van der Waals surface area contributed by atoms with Gasteiger partial charge in [-0.15, -0.1) is 0 Å². The zero-order valence-corrected chi connectivity index (χ0v) is 19.9. The lowest BCUT2D eigenvalue weighted by Gasteiger charge is -2.21. The molecule has 0 saturated heterocycles. The number of carbonyl (C=O) groups excluding carboxylic acids is 1. The molecule has 6 rings (SSSR count). The molecule has 1 amide bonds. The second-order valence-corrected chi connectivity index (χ2v) is 11.4. The Morgan fingerprint density at radius 2 is 1.41 bits per heavy atom. The Balaban J connectivity index is 1.49. The Morgan fingerprint density at radius 1 is 0.781 bits per heavy atom. The summed E-state index contributed by atoms with van der Waals surface area (Å²) in [6, 6.07) is 28.9. The summed E-state index contributed by atoms with van der Waals surface area (Å²) < 4.78 is 0. The second-order valence-electron chi connectivity index (χ2n) is 7.57. The molecule has 0 unspecified atom stereocenters. The highest BCUT2D eigenvalue weighted by atomic mass is 35.5. The number of hydrogen-bond acceptors (Lipinski definition) is 2. The summed E-state index contributed by atoms with van der Waals surface area (Å²) in [4.78, 5) is 21.1. The third kappa shape index (κ3) is 3.17. The van der Waals surface area contributed by atoms with Gasteiger partial charge in [0.05, 0.1) is 37.6 Å². The zero-order valence-electron chi connectivity index (χ0n) is 16.7. The smallest absolute Gasteiger partial charge is 0.236 e. The van der Waals surface area contributed by atoms with Gasteiger partial charge in [-0.25, -0.2) is 0 Å². The van der Waals surface area contributed by atoms with Gasteiger partial charge in [-0.1, -0.05) is 65.3 Å². The Labute approximate surface area is 203 Å². The molecule has 32 heavy (non-hydrogen) atoms. The molecule has 156 valence electrons. The maximum atomic E-state index is 13.0. The molecule has 0 aromatic heterocycles. The van der Waals surface area contributed by atoms with Crippen LogP contribution in [0.25, 0.3) is 0 Å². The van der Waals surface area contributed by atoms with Crippen molar-refractivity contribution in [2.24, 2.45) is 0 Å². The van der Waals surface area contributed by atoms with Crippen LogP contribution in [0, 0.1) is 0 Å². The molecule has 0 saturated carbocycles. The van der Waals surface area contributed by atoms with Crippen LogP contribution in [0.15, 0.2) is 109 Å². The first-order chi connectivity index (χ1) is 15.6. The number of nitrogens with zero attached hydrogens (tertiary/aromatic N) is 1. The van der Waals surface area contributed by atoms with Crippen molar-refractivity contribution in [3.63, 3.8) is 0 Å². The van der Waals surface area contributed by atoms with Gasteiger partial charge in [0.2, 0.25) is 5.91 Å². The molecule has 2 aliphatic heterocycles. The van der Waals surface area contributed by atoms with Crippen molar-refractivity contribution in [3.05, 3.63) is 101 Å². The minimum Gasteiger partial charge on any atom is -0.277 e. The molecule has 0 aliphatic carbocycles. The molecule has 4 aromatic rings. The number of amides is 1. The lowest BCUT2D eigenvalue weighted by molar-refractivity contribution is -0.116. The van der Waals surface area contributed by atoms with Gasteiger partial charge < -0.3 is 0 Å². The summed E-state index contributed by atoms with van der Waals surface area (Å²) >= 11 is 14.7. The van der Waals surface area contributed by atoms with Crippen molar-refractivity contribution in [1.82, 2.24) is 0 Å². The molecule has 0 spiro atoms. The number of rotatable bonds is 2. The number of benzene rings is 4. The number of para-hydroxylation sites is 1. The van der Waals surface area contributed by atoms with Crippen LogP contribution in [0.3, 0.4) is 0 Å². The molecule has 0 bridgehead atoms. The van der Waals surface area contributed by atoms with E-state index in [0.29, 0.717) is 22.2 Å². The van der Waals surface area contributed by atoms with Crippen LogP contribution in [0.1, 0.15) is 5.56 Å². The van der Waals surface area contributed by atoms with E-state index in [-0.39, 0.29) is 16.8 Å². The lowest BCUT2D eigenvalue weighted by atomic mass is 10.1. The Kier molecular flexibility index (Phi) is 4.99. The molecular formula is C26H16Cl2NOS2+. The summed E-state index contributed by atoms with van der Waals surface area (Å²) in [6.45, 7) is 0. The topological polar surface area (TPSA) is 20.3 Å². The van der Waals surface area contributed by atoms with Gasteiger partial charge in [-0.3, -0.25) is 9.69 Å². The fourth-order valence-corrected chi connectivity index (χ4v) is 8.63. The van der Waals surface area contributed by atoms with Gasteiger partial charge in [0.25, 0.3) is 0 Å². The highest BCUT2D eigenvalue weighted by Crippen LogP contribution is 2.49. The molecule has 2 aliphatic rings. The van der Waals surface area contributed by atoms with Crippen LogP contribution in [0.5, 0.6) is 0 Å². The van der Waals surface area contributed by atoms with Crippen molar-refractivity contribution in [1.29, 1.82) is 0 Å². The molecule has 4 aromatic carbocycles. The first kappa shape index (κ1) is 20.3. The van der Waals surface area contributed by atoms with Crippen molar-refractivity contribution >= 4 is 63.1 Å². The zero-order chi connectivity index (χ0) is 21.8. The number of hydrogen-bond donors (Lipinski definition) is 0. The minimum absolute atomic E-state index is 0.0181. The molecule has 0 N–H and O–H groups in total. The van der Waals surface area contributed by atoms with Crippen molar-refractivity contribution < 1.29 is 4.79 Å². The standard InChI is InChI=1S/C26H16Cl2NOS2/c27-18-6-5-7-19(28)26(18)29-20-13-12-17(14-16(20)15-25(29)30)32-23-10-3-1-8-21(23)31-22-9-2-4-11-24(22)32/h1-14H,15H2/q+1. The number of anilines is 2. The van der Waals surface area contributed by atoms with Crippen LogP contribution < -0.4 is 4.90 Å². The van der Waals surface area contributed by atoms with Gasteiger partial charge in [0, 0.05) is 0 Å². The SMILES string of the molecule is O=C1Cc2cc([S+]3c4ccccc4Sc4ccccc43)ccc2N1c1c(Cl)cccc1Cl. The predicted octanol–water partition coefficient (Wildman–Crippen LogP) is 7.77. The minimum atomic E-state index is -0.229. The lowest BCUT2D eigenvalue weighted by Crippen LogP contribution is -2.21. The van der Waals surface area contributed by atoms with E-state index < -0.39 is 0 Å². The summed E-state index contributed by atoms with van der Waals surface area (Å²) in [7, 11) is -0.229. The van der Waals surface area contributed by atoms with Crippen molar-refractivity contribution in [3.8, 4) is 0 Å². The largest absolute Gasteiger partial charge is 0.277 e. The predicted molar refractivity (Wildman–Crippen MR) is 133 cm³/mol. The van der Waals surface area contributed by atoms with Crippen LogP contribution in [0.4, 0.5) is 11.4 Å². The highest BCUT2D eigenvalue weighted by Gasteiger charge is 2.40. The monoisotopic (exact) mass is 492 g/mol. The molecule has 0 fully saturated rings. The van der Waals surface area contributed by atoms with E-state index in [2.05, 4.69) is 60.7 Å². The van der Waals surface area contributed by atoms with Crippen molar-refractivity contribution in [2.75, 3.05) is 4.90 Å². The van der Waals surface area contributed by atoms with Crippen LogP contribution in [-0.4, -0.2) is 5.91 Å². The van der Waals surface area contributed by atoms with E-state index in [1.54, 1.807) is 23.1 Å². The average molecular weight is 493 g/mol. The third-order valence-corrected chi connectivity index (χ3v) is 9.98. The molecule has 6 heteroatoms. The Bertz CT molecular complexity index is 1340. The van der Waals surface area contributed by atoms with Crippen LogP contribution in [0.2, 0.25) is 10.0 Å². The maximum absolute atomic E-state index is 13.0. The molecule has 2 nitrogen and oxygen atoms in total. The van der Waals surface area contributed by atoms with Crippen LogP contribution >= 0.6 is 35.0 Å². The quantitative estimate of drug-likeness (QED) is 0.234. The Morgan fingerprint density at radius 3 is 2.06 bits per heavy atom. The summed E-state index contributed by atoms with van der Waals surface area (Å²) in [5.41, 5.74) is 2.41. The fourth-order valence-electron chi connectivity index (χ4n) is 4.27. The van der Waals surface area contributed by atoms with E-state index in [1.165, 1.54) is 24.5 Å². The van der Waals surface area contributed by atoms with E-state index in [1.807, 2.05) is 17.8 Å². The second kappa shape index (κ2) is 7.89. The highest BCUT2D eigenvalue weighted by molar-refractivity contribution is 8.04. The summed E-state index contributed by atoms with van der Waals surface area (Å²) in [5, 5.41) is 0.939. The maximum Gasteiger partial charge on any atom is 0.236 e. The van der Waals surface area contributed by atoms with Crippen LogP contribution in [-0.2, 0) is 22.1 Å².